The van der Waals surface area contributed by atoms with Crippen molar-refractivity contribution in [1.82, 2.24) is 10.2 Å². The van der Waals surface area contributed by atoms with Crippen LogP contribution in [-0.2, 0) is 6.42 Å². The van der Waals surface area contributed by atoms with Gasteiger partial charge in [0.05, 0.1) is 7.11 Å². The van der Waals surface area contributed by atoms with Gasteiger partial charge >= 0.3 is 0 Å². The molecule has 1 N–H and O–H groups in total. The second-order valence-corrected chi connectivity index (χ2v) is 7.99. The van der Waals surface area contributed by atoms with Crippen molar-refractivity contribution in [2.45, 2.75) is 39.7 Å². The summed E-state index contributed by atoms with van der Waals surface area (Å²) in [5.74, 6) is 1.38. The van der Waals surface area contributed by atoms with Crippen molar-refractivity contribution in [1.29, 1.82) is 0 Å². The molecule has 0 aliphatic heterocycles. The maximum atomic E-state index is 12.9. The van der Waals surface area contributed by atoms with E-state index >= 15 is 0 Å². The van der Waals surface area contributed by atoms with Gasteiger partial charge in [0.2, 0.25) is 0 Å². The molecule has 0 saturated heterocycles. The van der Waals surface area contributed by atoms with E-state index in [2.05, 4.69) is 37.1 Å². The number of hydrogen-bond donors (Lipinski definition) is 1. The predicted octanol–water partition coefficient (Wildman–Crippen LogP) is 4.63. The number of nitrogens with zero attached hydrogens (tertiary/aromatic N) is 1. The van der Waals surface area contributed by atoms with Crippen LogP contribution in [0.2, 0.25) is 0 Å². The zero-order valence-electron chi connectivity index (χ0n) is 18.1. The third-order valence-corrected chi connectivity index (χ3v) is 4.79. The van der Waals surface area contributed by atoms with E-state index in [0.717, 1.165) is 41.8 Å². The molecule has 0 aliphatic carbocycles. The third-order valence-electron chi connectivity index (χ3n) is 4.79. The molecule has 152 valence electrons. The molecule has 4 heteroatoms. The van der Waals surface area contributed by atoms with E-state index in [4.69, 9.17) is 4.74 Å². The minimum absolute atomic E-state index is 0.0278. The molecular weight excluding hydrogens is 348 g/mol. The van der Waals surface area contributed by atoms with Crippen molar-refractivity contribution in [2.75, 3.05) is 27.7 Å². The Morgan fingerprint density at radius 2 is 1.86 bits per heavy atom. The quantitative estimate of drug-likeness (QED) is 0.687. The SMILES string of the molecule is CCc1cccc(-c2cccc(C(=O)N[C@@H](CC(C)C)CN(C)C)c2)c1OC. The van der Waals surface area contributed by atoms with Crippen LogP contribution in [-0.4, -0.2) is 44.6 Å². The number of likely N-dealkylation sites (N-methyl/N-ethyl adjacent to an activating group) is 1. The highest BCUT2D eigenvalue weighted by Gasteiger charge is 2.17. The highest BCUT2D eigenvalue weighted by Crippen LogP contribution is 2.33. The van der Waals surface area contributed by atoms with Crippen LogP contribution in [0.3, 0.4) is 0 Å². The number of carbonyl (C=O) groups is 1. The highest BCUT2D eigenvalue weighted by molar-refractivity contribution is 5.96. The van der Waals surface area contributed by atoms with E-state index in [1.54, 1.807) is 7.11 Å². The van der Waals surface area contributed by atoms with Gasteiger partial charge in [-0.15, -0.1) is 0 Å². The van der Waals surface area contributed by atoms with Crippen molar-refractivity contribution in [3.8, 4) is 16.9 Å². The number of hydrogen-bond acceptors (Lipinski definition) is 3. The van der Waals surface area contributed by atoms with Crippen LogP contribution in [0.25, 0.3) is 11.1 Å². The number of carbonyl (C=O) groups excluding carboxylic acids is 1. The smallest absolute Gasteiger partial charge is 0.251 e. The lowest BCUT2D eigenvalue weighted by atomic mass is 9.98. The summed E-state index contributed by atoms with van der Waals surface area (Å²) < 4.78 is 5.67. The minimum Gasteiger partial charge on any atom is -0.496 e. The largest absolute Gasteiger partial charge is 0.496 e. The maximum absolute atomic E-state index is 12.9. The molecule has 1 atom stereocenters. The second-order valence-electron chi connectivity index (χ2n) is 7.99. The van der Waals surface area contributed by atoms with Crippen LogP contribution in [0.1, 0.15) is 43.1 Å². The maximum Gasteiger partial charge on any atom is 0.251 e. The Morgan fingerprint density at radius 1 is 1.14 bits per heavy atom. The Balaban J connectivity index is 2.28. The first-order chi connectivity index (χ1) is 13.3. The van der Waals surface area contributed by atoms with Gasteiger partial charge in [0.25, 0.3) is 5.91 Å². The molecule has 2 aromatic rings. The number of nitrogens with one attached hydrogen (secondary N) is 1. The van der Waals surface area contributed by atoms with Crippen molar-refractivity contribution in [2.24, 2.45) is 5.92 Å². The van der Waals surface area contributed by atoms with Crippen molar-refractivity contribution < 1.29 is 9.53 Å². The van der Waals surface area contributed by atoms with Crippen LogP contribution in [0.5, 0.6) is 5.75 Å². The number of benzene rings is 2. The number of rotatable bonds is 9. The van der Waals surface area contributed by atoms with Gasteiger partial charge in [-0.1, -0.05) is 51.1 Å². The molecule has 0 radical (unpaired) electrons. The van der Waals surface area contributed by atoms with Crippen LogP contribution >= 0.6 is 0 Å². The summed E-state index contributed by atoms with van der Waals surface area (Å²) in [7, 11) is 5.77. The number of aryl methyl sites for hydroxylation is 1. The first-order valence-electron chi connectivity index (χ1n) is 10.1. The summed E-state index contributed by atoms with van der Waals surface area (Å²) in [6.45, 7) is 7.31. The topological polar surface area (TPSA) is 41.6 Å². The Morgan fingerprint density at radius 3 is 2.46 bits per heavy atom. The van der Waals surface area contributed by atoms with Gasteiger partial charge in [0.15, 0.2) is 0 Å². The molecule has 0 fully saturated rings. The van der Waals surface area contributed by atoms with Crippen molar-refractivity contribution >= 4 is 5.91 Å². The Bertz CT molecular complexity index is 774. The summed E-state index contributed by atoms with van der Waals surface area (Å²) in [6.07, 6.45) is 1.86. The minimum atomic E-state index is -0.0278. The Kier molecular flexibility index (Phi) is 8.06. The average Bonchev–Trinajstić information content (AvgIpc) is 2.66. The van der Waals surface area contributed by atoms with E-state index in [9.17, 15) is 4.79 Å². The normalized spacial score (nSPS) is 12.3. The molecule has 0 aliphatic rings. The van der Waals surface area contributed by atoms with E-state index in [0.29, 0.717) is 11.5 Å². The van der Waals surface area contributed by atoms with E-state index in [1.165, 1.54) is 0 Å². The molecule has 1 amide bonds. The third kappa shape index (κ3) is 5.83. The molecule has 0 unspecified atom stereocenters. The first kappa shape index (κ1) is 22.0. The van der Waals surface area contributed by atoms with Crippen LogP contribution in [0.4, 0.5) is 0 Å². The summed E-state index contributed by atoms with van der Waals surface area (Å²) in [4.78, 5) is 15.0. The lowest BCUT2D eigenvalue weighted by Gasteiger charge is -2.24. The number of methoxy groups -OCH3 is 1. The molecular formula is C24H34N2O2. The fourth-order valence-electron chi connectivity index (χ4n) is 3.62. The Hall–Kier alpha value is -2.33. The summed E-state index contributed by atoms with van der Waals surface area (Å²) in [5.41, 5.74) is 3.85. The van der Waals surface area contributed by atoms with Gasteiger partial charge in [0, 0.05) is 23.7 Å². The lowest BCUT2D eigenvalue weighted by Crippen LogP contribution is -2.42. The second kappa shape index (κ2) is 10.3. The van der Waals surface area contributed by atoms with Crippen molar-refractivity contribution in [3.63, 3.8) is 0 Å². The van der Waals surface area contributed by atoms with Crippen LogP contribution < -0.4 is 10.1 Å². The van der Waals surface area contributed by atoms with Gasteiger partial charge < -0.3 is 15.0 Å². The lowest BCUT2D eigenvalue weighted by molar-refractivity contribution is 0.0924. The fourth-order valence-corrected chi connectivity index (χ4v) is 3.62. The van der Waals surface area contributed by atoms with Gasteiger partial charge in [-0.3, -0.25) is 4.79 Å². The molecule has 28 heavy (non-hydrogen) atoms. The van der Waals surface area contributed by atoms with E-state index in [1.807, 2.05) is 50.5 Å². The Labute approximate surface area is 169 Å². The number of amides is 1. The zero-order chi connectivity index (χ0) is 20.7. The number of para-hydroxylation sites is 1. The van der Waals surface area contributed by atoms with E-state index < -0.39 is 0 Å². The summed E-state index contributed by atoms with van der Waals surface area (Å²) in [6, 6.07) is 14.1. The van der Waals surface area contributed by atoms with Crippen molar-refractivity contribution in [3.05, 3.63) is 53.6 Å². The number of ether oxygens (including phenoxy) is 1. The van der Waals surface area contributed by atoms with Crippen LogP contribution in [0.15, 0.2) is 42.5 Å². The fraction of sp³-hybridized carbons (Fsp3) is 0.458. The average molecular weight is 383 g/mol. The van der Waals surface area contributed by atoms with Gasteiger partial charge in [-0.05, 0) is 56.1 Å². The molecule has 2 rings (SSSR count). The highest BCUT2D eigenvalue weighted by atomic mass is 16.5. The predicted molar refractivity (Wildman–Crippen MR) is 117 cm³/mol. The van der Waals surface area contributed by atoms with Crippen LogP contribution in [0, 0.1) is 5.92 Å². The molecule has 0 heterocycles. The van der Waals surface area contributed by atoms with E-state index in [-0.39, 0.29) is 11.9 Å². The summed E-state index contributed by atoms with van der Waals surface area (Å²) in [5, 5.41) is 3.21. The molecule has 0 saturated carbocycles. The van der Waals surface area contributed by atoms with Gasteiger partial charge in [-0.25, -0.2) is 0 Å². The van der Waals surface area contributed by atoms with Gasteiger partial charge in [-0.2, -0.15) is 0 Å². The molecule has 0 spiro atoms. The van der Waals surface area contributed by atoms with Gasteiger partial charge in [0.1, 0.15) is 5.75 Å². The molecule has 4 nitrogen and oxygen atoms in total. The summed E-state index contributed by atoms with van der Waals surface area (Å²) >= 11 is 0. The monoisotopic (exact) mass is 382 g/mol. The molecule has 0 bridgehead atoms. The molecule has 2 aromatic carbocycles. The first-order valence-corrected chi connectivity index (χ1v) is 10.1. The standard InChI is InChI=1S/C24H34N2O2/c1-7-18-10-9-13-22(23(18)28-6)19-11-8-12-20(15-19)24(27)25-21(14-17(2)3)16-26(4)5/h8-13,15,17,21H,7,14,16H2,1-6H3,(H,25,27)/t21-/m0/s1. The molecule has 0 aromatic heterocycles. The zero-order valence-corrected chi connectivity index (χ0v) is 18.1.